The second-order valence-electron chi connectivity index (χ2n) is 1.96. The van der Waals surface area contributed by atoms with Gasteiger partial charge in [-0.25, -0.2) is 0 Å². The number of hydrogen-bond donors (Lipinski definition) is 1. The molecule has 0 atom stereocenters. The highest BCUT2D eigenvalue weighted by atomic mass is 19.4. The summed E-state index contributed by atoms with van der Waals surface area (Å²) in [7, 11) is 0. The van der Waals surface area contributed by atoms with Gasteiger partial charge in [-0.2, -0.15) is 26.3 Å². The molecule has 0 aliphatic heterocycles. The van der Waals surface area contributed by atoms with Crippen LogP contribution in [0, 0.1) is 0 Å². The Morgan fingerprint density at radius 2 is 1.38 bits per heavy atom. The number of nitrogens with two attached hydrogens (primary N) is 1. The molecule has 13 heavy (non-hydrogen) atoms. The lowest BCUT2D eigenvalue weighted by Gasteiger charge is -2.06. The van der Waals surface area contributed by atoms with E-state index in [0.717, 1.165) is 0 Å². The summed E-state index contributed by atoms with van der Waals surface area (Å²) >= 11 is 0. The summed E-state index contributed by atoms with van der Waals surface area (Å²) in [5, 5.41) is 0. The molecule has 0 radical (unpaired) electrons. The first-order valence-corrected chi connectivity index (χ1v) is 2.70. The monoisotopic (exact) mass is 207 g/mol. The van der Waals surface area contributed by atoms with Crippen molar-refractivity contribution in [3.63, 3.8) is 0 Å². The molecular weight excluding hydrogens is 204 g/mol. The zero-order valence-electron chi connectivity index (χ0n) is 5.83. The predicted octanol–water partition coefficient (Wildman–Crippen LogP) is 1.52. The molecule has 0 rings (SSSR count). The van der Waals surface area contributed by atoms with Gasteiger partial charge >= 0.3 is 12.4 Å². The van der Waals surface area contributed by atoms with Gasteiger partial charge in [0.2, 0.25) is 0 Å². The van der Waals surface area contributed by atoms with Crippen LogP contribution in [-0.2, 0) is 4.79 Å². The van der Waals surface area contributed by atoms with Crippen molar-refractivity contribution in [3.8, 4) is 0 Å². The van der Waals surface area contributed by atoms with Gasteiger partial charge in [0.1, 0.15) is 5.70 Å². The van der Waals surface area contributed by atoms with Crippen LogP contribution in [0.1, 0.15) is 0 Å². The van der Waals surface area contributed by atoms with E-state index in [4.69, 9.17) is 0 Å². The second kappa shape index (κ2) is 3.27. The summed E-state index contributed by atoms with van der Waals surface area (Å²) in [6.45, 7) is 0. The largest absolute Gasteiger partial charge is 0.454 e. The maximum absolute atomic E-state index is 11.5. The lowest BCUT2D eigenvalue weighted by atomic mass is 10.3. The number of allylic oxidation sites excluding steroid dienone is 2. The van der Waals surface area contributed by atoms with Gasteiger partial charge in [0, 0.05) is 6.08 Å². The van der Waals surface area contributed by atoms with Crippen LogP contribution in [-0.4, -0.2) is 18.1 Å². The minimum Gasteiger partial charge on any atom is -0.395 e. The summed E-state index contributed by atoms with van der Waals surface area (Å²) in [5.41, 5.74) is 2.09. The molecule has 0 unspecified atom stereocenters. The molecule has 2 N–H and O–H groups in total. The van der Waals surface area contributed by atoms with E-state index >= 15 is 0 Å². The molecule has 0 aliphatic carbocycles. The van der Waals surface area contributed by atoms with Crippen LogP contribution in [0.4, 0.5) is 26.3 Å². The Hall–Kier alpha value is -1.21. The van der Waals surface area contributed by atoms with Crippen LogP contribution in [0.2, 0.25) is 0 Å². The van der Waals surface area contributed by atoms with Crippen molar-refractivity contribution < 1.29 is 31.1 Å². The normalized spacial score (nSPS) is 14.5. The highest BCUT2D eigenvalue weighted by Gasteiger charge is 2.40. The molecule has 0 amide bonds. The number of hydrogen-bond acceptors (Lipinski definition) is 2. The summed E-state index contributed by atoms with van der Waals surface area (Å²) in [5.74, 6) is -2.64. The fraction of sp³-hybridized carbons (Fsp3) is 0.400. The van der Waals surface area contributed by atoms with Crippen LogP contribution in [0.25, 0.3) is 0 Å². The Balaban J connectivity index is 4.70. The van der Waals surface area contributed by atoms with E-state index in [9.17, 15) is 31.1 Å². The molecule has 0 aromatic carbocycles. The Kier molecular flexibility index (Phi) is 2.96. The van der Waals surface area contributed by atoms with Gasteiger partial charge in [0.05, 0.1) is 0 Å². The van der Waals surface area contributed by atoms with E-state index in [1.165, 1.54) is 0 Å². The van der Waals surface area contributed by atoms with Crippen LogP contribution >= 0.6 is 0 Å². The van der Waals surface area contributed by atoms with E-state index in [0.29, 0.717) is 0 Å². The molecule has 8 heteroatoms. The Bertz CT molecular complexity index is 236. The highest BCUT2D eigenvalue weighted by Crippen LogP contribution is 2.23. The Morgan fingerprint density at radius 3 is 1.62 bits per heavy atom. The molecule has 0 aliphatic rings. The SMILES string of the molecule is N/C(=C\C(=O)C(F)(F)F)C(F)(F)F. The number of ketones is 1. The molecule has 0 saturated carbocycles. The lowest BCUT2D eigenvalue weighted by molar-refractivity contribution is -0.165. The van der Waals surface area contributed by atoms with Crippen molar-refractivity contribution in [2.24, 2.45) is 5.73 Å². The molecule has 0 bridgehead atoms. The van der Waals surface area contributed by atoms with Crippen LogP contribution in [0.5, 0.6) is 0 Å². The first kappa shape index (κ1) is 11.8. The van der Waals surface area contributed by atoms with Crippen molar-refractivity contribution in [1.29, 1.82) is 0 Å². The van der Waals surface area contributed by atoms with Crippen molar-refractivity contribution in [2.75, 3.05) is 0 Å². The Morgan fingerprint density at radius 1 is 1.00 bits per heavy atom. The van der Waals surface area contributed by atoms with Crippen LogP contribution in [0.3, 0.4) is 0 Å². The van der Waals surface area contributed by atoms with E-state index in [-0.39, 0.29) is 0 Å². The first-order valence-electron chi connectivity index (χ1n) is 2.70. The molecule has 2 nitrogen and oxygen atoms in total. The van der Waals surface area contributed by atoms with Crippen molar-refractivity contribution in [3.05, 3.63) is 11.8 Å². The smallest absolute Gasteiger partial charge is 0.395 e. The average molecular weight is 207 g/mol. The van der Waals surface area contributed by atoms with E-state index in [2.05, 4.69) is 5.73 Å². The number of carbonyl (C=O) groups is 1. The molecule has 0 heterocycles. The molecule has 0 spiro atoms. The average Bonchev–Trinajstić information content (AvgIpc) is 1.82. The van der Waals surface area contributed by atoms with Crippen LogP contribution < -0.4 is 5.73 Å². The number of halogens is 6. The maximum Gasteiger partial charge on any atom is 0.454 e. The summed E-state index contributed by atoms with van der Waals surface area (Å²) in [6.07, 6.45) is -11.2. The minimum absolute atomic E-state index is 0.694. The number of rotatable bonds is 1. The Labute approximate surface area is 68.0 Å². The van der Waals surface area contributed by atoms with E-state index in [1.54, 1.807) is 0 Å². The van der Waals surface area contributed by atoms with Gasteiger partial charge in [-0.3, -0.25) is 4.79 Å². The van der Waals surface area contributed by atoms with Gasteiger partial charge in [0.15, 0.2) is 0 Å². The van der Waals surface area contributed by atoms with Gasteiger partial charge in [-0.15, -0.1) is 0 Å². The number of alkyl halides is 6. The fourth-order valence-corrected chi connectivity index (χ4v) is 0.305. The lowest BCUT2D eigenvalue weighted by Crippen LogP contribution is -2.26. The first-order chi connectivity index (χ1) is 5.55. The van der Waals surface area contributed by atoms with Gasteiger partial charge < -0.3 is 5.73 Å². The molecule has 0 aromatic heterocycles. The summed E-state index contributed by atoms with van der Waals surface area (Å²) in [4.78, 5) is 9.94. The van der Waals surface area contributed by atoms with Crippen LogP contribution in [0.15, 0.2) is 11.8 Å². The summed E-state index contributed by atoms with van der Waals surface area (Å²) < 4.78 is 68.6. The highest BCUT2D eigenvalue weighted by molar-refractivity contribution is 5.94. The quantitative estimate of drug-likeness (QED) is 0.523. The van der Waals surface area contributed by atoms with Crippen molar-refractivity contribution in [2.45, 2.75) is 12.4 Å². The topological polar surface area (TPSA) is 43.1 Å². The van der Waals surface area contributed by atoms with E-state index in [1.807, 2.05) is 0 Å². The molecule has 0 fully saturated rings. The zero-order chi connectivity index (χ0) is 10.9. The maximum atomic E-state index is 11.5. The molecule has 0 saturated heterocycles. The standard InChI is InChI=1S/C5H3F6NO/c6-4(7,8)2(12)1-3(13)5(9,10)11/h1H,12H2/b2-1-. The fourth-order valence-electron chi connectivity index (χ4n) is 0.305. The van der Waals surface area contributed by atoms with Crippen molar-refractivity contribution in [1.82, 2.24) is 0 Å². The number of carbonyl (C=O) groups excluding carboxylic acids is 1. The van der Waals surface area contributed by atoms with Crippen molar-refractivity contribution >= 4 is 5.78 Å². The van der Waals surface area contributed by atoms with Gasteiger partial charge in [-0.1, -0.05) is 0 Å². The molecular formula is C5H3F6NO. The zero-order valence-corrected chi connectivity index (χ0v) is 5.83. The third-order valence-electron chi connectivity index (χ3n) is 0.893. The van der Waals surface area contributed by atoms with Gasteiger partial charge in [0.25, 0.3) is 5.78 Å². The summed E-state index contributed by atoms with van der Waals surface area (Å²) in [6, 6.07) is 0. The third-order valence-corrected chi connectivity index (χ3v) is 0.893. The minimum atomic E-state index is -5.34. The predicted molar refractivity (Wildman–Crippen MR) is 29.4 cm³/mol. The second-order valence-corrected chi connectivity index (χ2v) is 1.96. The van der Waals surface area contributed by atoms with E-state index < -0.39 is 29.9 Å². The molecule has 0 aromatic rings. The molecule has 76 valence electrons. The third kappa shape index (κ3) is 3.81. The van der Waals surface area contributed by atoms with Gasteiger partial charge in [-0.05, 0) is 0 Å².